The first-order valence-electron chi connectivity index (χ1n) is 4.64. The highest BCUT2D eigenvalue weighted by Gasteiger charge is 2.34. The van der Waals surface area contributed by atoms with Crippen molar-refractivity contribution in [2.75, 3.05) is 13.1 Å². The van der Waals surface area contributed by atoms with Crippen LogP contribution in [-0.4, -0.2) is 29.9 Å². The number of hydrogen-bond donors (Lipinski definition) is 1. The zero-order valence-electron chi connectivity index (χ0n) is 7.92. The third-order valence-corrected chi connectivity index (χ3v) is 2.28. The monoisotopic (exact) mass is 170 g/mol. The molecule has 1 saturated heterocycles. The summed E-state index contributed by atoms with van der Waals surface area (Å²) in [6, 6.07) is 0.473. The molecule has 3 nitrogen and oxygen atoms in total. The van der Waals surface area contributed by atoms with Crippen molar-refractivity contribution < 1.29 is 4.79 Å². The maximum Gasteiger partial charge on any atom is 0.224 e. The molecule has 0 bridgehead atoms. The fourth-order valence-corrected chi connectivity index (χ4v) is 1.72. The van der Waals surface area contributed by atoms with Gasteiger partial charge in [-0.2, -0.15) is 0 Å². The highest BCUT2D eigenvalue weighted by Crippen LogP contribution is 2.24. The van der Waals surface area contributed by atoms with Gasteiger partial charge in [0.2, 0.25) is 5.91 Å². The Morgan fingerprint density at radius 3 is 2.75 bits per heavy atom. The average molecular weight is 170 g/mol. The molecule has 12 heavy (non-hydrogen) atoms. The molecule has 1 aliphatic rings. The molecular weight excluding hydrogens is 152 g/mol. The number of likely N-dealkylation sites (tertiary alicyclic amines) is 1. The van der Waals surface area contributed by atoms with Gasteiger partial charge in [0.05, 0.1) is 0 Å². The maximum absolute atomic E-state index is 11.1. The number of β-lactam (4-membered cyclic amide) rings is 1. The fourth-order valence-electron chi connectivity index (χ4n) is 1.72. The minimum atomic E-state index is 0.270. The Hall–Kier alpha value is -0.570. The number of amides is 1. The lowest BCUT2D eigenvalue weighted by atomic mass is 9.93. The number of hydrogen-bond acceptors (Lipinski definition) is 2. The van der Waals surface area contributed by atoms with Crippen LogP contribution in [0.2, 0.25) is 0 Å². The minimum absolute atomic E-state index is 0.270. The van der Waals surface area contributed by atoms with Crippen molar-refractivity contribution in [3.05, 3.63) is 0 Å². The summed E-state index contributed by atoms with van der Waals surface area (Å²) >= 11 is 0. The highest BCUT2D eigenvalue weighted by molar-refractivity contribution is 5.83. The lowest BCUT2D eigenvalue weighted by molar-refractivity contribution is -0.146. The van der Waals surface area contributed by atoms with Crippen LogP contribution < -0.4 is 5.73 Å². The van der Waals surface area contributed by atoms with Crippen LogP contribution in [-0.2, 0) is 4.79 Å². The maximum atomic E-state index is 11.1. The van der Waals surface area contributed by atoms with Gasteiger partial charge in [-0.25, -0.2) is 0 Å². The molecule has 0 saturated carbocycles. The van der Waals surface area contributed by atoms with Gasteiger partial charge in [-0.15, -0.1) is 0 Å². The molecule has 1 unspecified atom stereocenters. The summed E-state index contributed by atoms with van der Waals surface area (Å²) in [4.78, 5) is 13.0. The van der Waals surface area contributed by atoms with E-state index in [9.17, 15) is 4.79 Å². The summed E-state index contributed by atoms with van der Waals surface area (Å²) in [5.41, 5.74) is 5.40. The first kappa shape index (κ1) is 9.52. The third kappa shape index (κ3) is 1.97. The largest absolute Gasteiger partial charge is 0.338 e. The molecule has 0 aromatic heterocycles. The second kappa shape index (κ2) is 3.90. The van der Waals surface area contributed by atoms with Crippen LogP contribution in [0.5, 0.6) is 0 Å². The Morgan fingerprint density at radius 2 is 2.33 bits per heavy atom. The summed E-state index contributed by atoms with van der Waals surface area (Å²) in [5, 5.41) is 0. The fraction of sp³-hybridized carbons (Fsp3) is 0.889. The van der Waals surface area contributed by atoms with Gasteiger partial charge in [0.25, 0.3) is 0 Å². The average Bonchev–Trinajstić information content (AvgIpc) is 1.99. The third-order valence-electron chi connectivity index (χ3n) is 2.28. The van der Waals surface area contributed by atoms with Crippen LogP contribution in [0.3, 0.4) is 0 Å². The van der Waals surface area contributed by atoms with Gasteiger partial charge < -0.3 is 10.6 Å². The molecule has 0 aliphatic carbocycles. The normalized spacial score (nSPS) is 23.2. The summed E-state index contributed by atoms with van der Waals surface area (Å²) in [5.74, 6) is 0.939. The molecule has 0 aromatic rings. The van der Waals surface area contributed by atoms with E-state index in [-0.39, 0.29) is 5.91 Å². The van der Waals surface area contributed by atoms with E-state index in [1.807, 2.05) is 4.90 Å². The number of nitrogens with two attached hydrogens (primary N) is 1. The van der Waals surface area contributed by atoms with Crippen LogP contribution in [0.25, 0.3) is 0 Å². The van der Waals surface area contributed by atoms with Crippen LogP contribution in [0.4, 0.5) is 0 Å². The Kier molecular flexibility index (Phi) is 3.09. The molecule has 3 heteroatoms. The van der Waals surface area contributed by atoms with Crippen molar-refractivity contribution >= 4 is 5.91 Å². The van der Waals surface area contributed by atoms with E-state index in [0.29, 0.717) is 18.5 Å². The van der Waals surface area contributed by atoms with E-state index in [1.165, 1.54) is 0 Å². The van der Waals surface area contributed by atoms with Crippen LogP contribution in [0.15, 0.2) is 0 Å². The quantitative estimate of drug-likeness (QED) is 0.628. The highest BCUT2D eigenvalue weighted by atomic mass is 16.2. The smallest absolute Gasteiger partial charge is 0.224 e. The molecule has 1 aliphatic heterocycles. The SMILES string of the molecule is CC(C)CC1CC(=O)N1CCN. The van der Waals surface area contributed by atoms with Crippen LogP contribution in [0, 0.1) is 5.92 Å². The summed E-state index contributed by atoms with van der Waals surface area (Å²) in [6.07, 6.45) is 1.85. The van der Waals surface area contributed by atoms with Crippen molar-refractivity contribution in [2.24, 2.45) is 11.7 Å². The topological polar surface area (TPSA) is 46.3 Å². The molecule has 0 aromatic carbocycles. The van der Waals surface area contributed by atoms with Gasteiger partial charge >= 0.3 is 0 Å². The van der Waals surface area contributed by atoms with Crippen LogP contribution >= 0.6 is 0 Å². The molecule has 0 radical (unpaired) electrons. The van der Waals surface area contributed by atoms with E-state index in [1.54, 1.807) is 0 Å². The second-order valence-electron chi connectivity index (χ2n) is 3.86. The Labute approximate surface area is 73.9 Å². The number of rotatable bonds is 4. The number of nitrogens with zero attached hydrogens (tertiary/aromatic N) is 1. The standard InChI is InChI=1S/C9H18N2O/c1-7(2)5-8-6-9(12)11(8)4-3-10/h7-8H,3-6,10H2,1-2H3. The van der Waals surface area contributed by atoms with Crippen molar-refractivity contribution in [3.8, 4) is 0 Å². The zero-order chi connectivity index (χ0) is 9.14. The molecule has 1 amide bonds. The molecule has 2 N–H and O–H groups in total. The van der Waals surface area contributed by atoms with Crippen molar-refractivity contribution in [3.63, 3.8) is 0 Å². The first-order chi connectivity index (χ1) is 5.65. The van der Waals surface area contributed by atoms with Gasteiger partial charge in [0, 0.05) is 25.6 Å². The number of carbonyl (C=O) groups is 1. The molecule has 1 rings (SSSR count). The minimum Gasteiger partial charge on any atom is -0.338 e. The van der Waals surface area contributed by atoms with E-state index in [0.717, 1.165) is 19.4 Å². The molecule has 1 fully saturated rings. The lowest BCUT2D eigenvalue weighted by Gasteiger charge is -2.41. The van der Waals surface area contributed by atoms with Gasteiger partial charge in [0.15, 0.2) is 0 Å². The molecule has 70 valence electrons. The Balaban J connectivity index is 2.32. The summed E-state index contributed by atoms with van der Waals surface area (Å²) in [7, 11) is 0. The summed E-state index contributed by atoms with van der Waals surface area (Å²) in [6.45, 7) is 5.68. The van der Waals surface area contributed by atoms with Crippen molar-refractivity contribution in [1.29, 1.82) is 0 Å². The van der Waals surface area contributed by atoms with E-state index in [2.05, 4.69) is 13.8 Å². The lowest BCUT2D eigenvalue weighted by Crippen LogP contribution is -2.54. The predicted octanol–water partition coefficient (Wildman–Crippen LogP) is 0.592. The predicted molar refractivity (Wildman–Crippen MR) is 48.6 cm³/mol. The van der Waals surface area contributed by atoms with Gasteiger partial charge in [0.1, 0.15) is 0 Å². The first-order valence-corrected chi connectivity index (χ1v) is 4.64. The number of carbonyl (C=O) groups excluding carboxylic acids is 1. The van der Waals surface area contributed by atoms with Crippen molar-refractivity contribution in [1.82, 2.24) is 4.90 Å². The van der Waals surface area contributed by atoms with Gasteiger partial charge in [-0.1, -0.05) is 13.8 Å². The molecule has 0 spiro atoms. The van der Waals surface area contributed by atoms with Crippen molar-refractivity contribution in [2.45, 2.75) is 32.7 Å². The molecule has 1 heterocycles. The summed E-state index contributed by atoms with van der Waals surface area (Å²) < 4.78 is 0. The van der Waals surface area contributed by atoms with E-state index < -0.39 is 0 Å². The second-order valence-corrected chi connectivity index (χ2v) is 3.86. The zero-order valence-corrected chi connectivity index (χ0v) is 7.92. The molecular formula is C9H18N2O. The van der Waals surface area contributed by atoms with E-state index >= 15 is 0 Å². The van der Waals surface area contributed by atoms with Gasteiger partial charge in [-0.05, 0) is 12.3 Å². The molecule has 1 atom stereocenters. The van der Waals surface area contributed by atoms with E-state index in [4.69, 9.17) is 5.73 Å². The van der Waals surface area contributed by atoms with Gasteiger partial charge in [-0.3, -0.25) is 4.79 Å². The van der Waals surface area contributed by atoms with Crippen LogP contribution in [0.1, 0.15) is 26.7 Å². The Morgan fingerprint density at radius 1 is 1.67 bits per heavy atom. The Bertz CT molecular complexity index is 168.